The summed E-state index contributed by atoms with van der Waals surface area (Å²) in [6.07, 6.45) is -1.05. The standard InChI is InChI=1S/C14H18ClN3O6S/c1-9(13(19)17-14(16)20)24-12-3-2-10(8-11(12)15)25(21,22)18-4-6-23-7-5-18/h2-3,8-9H,4-7H2,1H3,(H3,16,17,19,20)/t9-/m1/s1. The van der Waals surface area contributed by atoms with Crippen molar-refractivity contribution in [2.45, 2.75) is 17.9 Å². The maximum Gasteiger partial charge on any atom is 0.318 e. The number of urea groups is 1. The molecule has 1 aromatic rings. The predicted molar refractivity (Wildman–Crippen MR) is 88.8 cm³/mol. The molecule has 25 heavy (non-hydrogen) atoms. The number of rotatable bonds is 5. The van der Waals surface area contributed by atoms with Gasteiger partial charge in [0.1, 0.15) is 5.75 Å². The van der Waals surface area contributed by atoms with E-state index in [0.29, 0.717) is 13.2 Å². The molecule has 1 aliphatic heterocycles. The summed E-state index contributed by atoms with van der Waals surface area (Å²) < 4.78 is 36.9. The van der Waals surface area contributed by atoms with Crippen molar-refractivity contribution in [1.82, 2.24) is 9.62 Å². The van der Waals surface area contributed by atoms with Gasteiger partial charge in [-0.25, -0.2) is 13.2 Å². The molecule has 1 aromatic carbocycles. The maximum atomic E-state index is 12.6. The molecule has 1 fully saturated rings. The molecule has 0 aliphatic carbocycles. The van der Waals surface area contributed by atoms with E-state index in [2.05, 4.69) is 0 Å². The highest BCUT2D eigenvalue weighted by Gasteiger charge is 2.27. The largest absolute Gasteiger partial charge is 0.479 e. The lowest BCUT2D eigenvalue weighted by Crippen LogP contribution is -2.42. The molecule has 2 rings (SSSR count). The number of amides is 3. The van der Waals surface area contributed by atoms with Crippen LogP contribution in [0.4, 0.5) is 4.79 Å². The third-order valence-electron chi connectivity index (χ3n) is 3.43. The SMILES string of the molecule is C[C@@H](Oc1ccc(S(=O)(=O)N2CCOCC2)cc1Cl)C(=O)NC(N)=O. The summed E-state index contributed by atoms with van der Waals surface area (Å²) in [5.41, 5.74) is 4.86. The van der Waals surface area contributed by atoms with Gasteiger partial charge in [-0.2, -0.15) is 4.31 Å². The number of hydrogen-bond acceptors (Lipinski definition) is 6. The zero-order valence-corrected chi connectivity index (χ0v) is 15.0. The van der Waals surface area contributed by atoms with E-state index < -0.39 is 28.1 Å². The minimum Gasteiger partial charge on any atom is -0.479 e. The summed E-state index contributed by atoms with van der Waals surface area (Å²) in [5, 5.41) is 1.90. The van der Waals surface area contributed by atoms with Crippen LogP contribution < -0.4 is 15.8 Å². The fourth-order valence-electron chi connectivity index (χ4n) is 2.14. The third kappa shape index (κ3) is 4.82. The monoisotopic (exact) mass is 391 g/mol. The van der Waals surface area contributed by atoms with Gasteiger partial charge in [-0.15, -0.1) is 0 Å². The number of carbonyl (C=O) groups is 2. The highest BCUT2D eigenvalue weighted by atomic mass is 35.5. The second-order valence-corrected chi connectivity index (χ2v) is 7.57. The minimum atomic E-state index is -3.69. The molecule has 0 saturated carbocycles. The van der Waals surface area contributed by atoms with Crippen molar-refractivity contribution < 1.29 is 27.5 Å². The van der Waals surface area contributed by atoms with Gasteiger partial charge >= 0.3 is 6.03 Å². The van der Waals surface area contributed by atoms with Gasteiger partial charge in [0.25, 0.3) is 5.91 Å². The van der Waals surface area contributed by atoms with Crippen LogP contribution in [0.25, 0.3) is 0 Å². The molecule has 0 bridgehead atoms. The number of nitrogens with two attached hydrogens (primary N) is 1. The zero-order chi connectivity index (χ0) is 18.6. The summed E-state index contributed by atoms with van der Waals surface area (Å²) in [7, 11) is -3.69. The quantitative estimate of drug-likeness (QED) is 0.744. The van der Waals surface area contributed by atoms with Gasteiger partial charge < -0.3 is 15.2 Å². The van der Waals surface area contributed by atoms with Gasteiger partial charge in [0, 0.05) is 13.1 Å². The van der Waals surface area contributed by atoms with Crippen molar-refractivity contribution in [3.8, 4) is 5.75 Å². The van der Waals surface area contributed by atoms with E-state index in [0.717, 1.165) is 0 Å². The van der Waals surface area contributed by atoms with Crippen LogP contribution in [0.2, 0.25) is 5.02 Å². The Hall–Kier alpha value is -1.88. The van der Waals surface area contributed by atoms with Crippen molar-refractivity contribution >= 4 is 33.6 Å². The molecular formula is C14H18ClN3O6S. The van der Waals surface area contributed by atoms with Crippen LogP contribution in [0, 0.1) is 0 Å². The van der Waals surface area contributed by atoms with Crippen LogP contribution in [-0.2, 0) is 19.6 Å². The molecule has 1 heterocycles. The Kier molecular flexibility index (Phi) is 6.22. The van der Waals surface area contributed by atoms with Crippen molar-refractivity contribution in [3.63, 3.8) is 0 Å². The fraction of sp³-hybridized carbons (Fsp3) is 0.429. The Morgan fingerprint density at radius 3 is 2.56 bits per heavy atom. The Labute approximate surface area is 150 Å². The Balaban J connectivity index is 2.14. The fourth-order valence-corrected chi connectivity index (χ4v) is 3.87. The maximum absolute atomic E-state index is 12.6. The summed E-state index contributed by atoms with van der Waals surface area (Å²) >= 11 is 6.07. The summed E-state index contributed by atoms with van der Waals surface area (Å²) in [6, 6.07) is 2.94. The first-order valence-electron chi connectivity index (χ1n) is 7.36. The van der Waals surface area contributed by atoms with Gasteiger partial charge in [0.2, 0.25) is 10.0 Å². The van der Waals surface area contributed by atoms with E-state index in [1.165, 1.54) is 29.4 Å². The molecule has 138 valence electrons. The number of morpholine rings is 1. The molecule has 3 N–H and O–H groups in total. The van der Waals surface area contributed by atoms with E-state index in [1.54, 1.807) is 0 Å². The van der Waals surface area contributed by atoms with E-state index >= 15 is 0 Å². The highest BCUT2D eigenvalue weighted by Crippen LogP contribution is 2.29. The Morgan fingerprint density at radius 2 is 2.00 bits per heavy atom. The van der Waals surface area contributed by atoms with Gasteiger partial charge in [-0.3, -0.25) is 10.1 Å². The number of nitrogens with one attached hydrogen (secondary N) is 1. The van der Waals surface area contributed by atoms with E-state index in [9.17, 15) is 18.0 Å². The zero-order valence-electron chi connectivity index (χ0n) is 13.4. The summed E-state index contributed by atoms with van der Waals surface area (Å²) in [4.78, 5) is 22.3. The lowest BCUT2D eigenvalue weighted by molar-refractivity contribution is -0.126. The van der Waals surface area contributed by atoms with Gasteiger partial charge in [0.05, 0.1) is 23.1 Å². The summed E-state index contributed by atoms with van der Waals surface area (Å²) in [6.45, 7) is 2.60. The first kappa shape index (κ1) is 19.4. The second kappa shape index (κ2) is 8.00. The van der Waals surface area contributed by atoms with Gasteiger partial charge in [-0.05, 0) is 25.1 Å². The van der Waals surface area contributed by atoms with Crippen LogP contribution in [0.1, 0.15) is 6.92 Å². The van der Waals surface area contributed by atoms with Gasteiger partial charge in [0.15, 0.2) is 6.10 Å². The van der Waals surface area contributed by atoms with Crippen LogP contribution in [0.5, 0.6) is 5.75 Å². The van der Waals surface area contributed by atoms with Crippen LogP contribution >= 0.6 is 11.6 Å². The van der Waals surface area contributed by atoms with E-state index in [-0.39, 0.29) is 28.8 Å². The number of primary amides is 1. The normalized spacial score (nSPS) is 16.9. The molecule has 1 aliphatic rings. The predicted octanol–water partition coefficient (Wildman–Crippen LogP) is 0.323. The minimum absolute atomic E-state index is 0.0148. The van der Waals surface area contributed by atoms with Crippen molar-refractivity contribution in [3.05, 3.63) is 23.2 Å². The lowest BCUT2D eigenvalue weighted by atomic mass is 10.3. The number of benzene rings is 1. The van der Waals surface area contributed by atoms with E-state index in [1.807, 2.05) is 5.32 Å². The molecule has 1 saturated heterocycles. The smallest absolute Gasteiger partial charge is 0.318 e. The van der Waals surface area contributed by atoms with Crippen LogP contribution in [-0.4, -0.2) is 57.1 Å². The molecule has 0 unspecified atom stereocenters. The number of nitrogens with zero attached hydrogens (tertiary/aromatic N) is 1. The Morgan fingerprint density at radius 1 is 1.36 bits per heavy atom. The van der Waals surface area contributed by atoms with Crippen molar-refractivity contribution in [2.24, 2.45) is 5.73 Å². The first-order valence-corrected chi connectivity index (χ1v) is 9.18. The molecule has 3 amide bonds. The number of imide groups is 1. The average molecular weight is 392 g/mol. The number of halogens is 1. The molecule has 0 spiro atoms. The van der Waals surface area contributed by atoms with Crippen LogP contribution in [0.15, 0.2) is 23.1 Å². The topological polar surface area (TPSA) is 128 Å². The lowest BCUT2D eigenvalue weighted by Gasteiger charge is -2.26. The average Bonchev–Trinajstić information content (AvgIpc) is 2.56. The number of ether oxygens (including phenoxy) is 2. The van der Waals surface area contributed by atoms with Gasteiger partial charge in [-0.1, -0.05) is 11.6 Å². The van der Waals surface area contributed by atoms with Crippen LogP contribution in [0.3, 0.4) is 0 Å². The second-order valence-electron chi connectivity index (χ2n) is 5.22. The summed E-state index contributed by atoms with van der Waals surface area (Å²) in [5.74, 6) is -0.636. The highest BCUT2D eigenvalue weighted by molar-refractivity contribution is 7.89. The van der Waals surface area contributed by atoms with Crippen molar-refractivity contribution in [2.75, 3.05) is 26.3 Å². The van der Waals surface area contributed by atoms with Crippen molar-refractivity contribution in [1.29, 1.82) is 0 Å². The molecule has 11 heteroatoms. The number of carbonyl (C=O) groups excluding carboxylic acids is 2. The Bertz CT molecular complexity index is 764. The molecule has 0 radical (unpaired) electrons. The molecule has 0 aromatic heterocycles. The first-order chi connectivity index (χ1) is 11.7. The molecule has 9 nitrogen and oxygen atoms in total. The number of sulfonamides is 1. The number of hydrogen-bond donors (Lipinski definition) is 2. The van der Waals surface area contributed by atoms with E-state index in [4.69, 9.17) is 26.8 Å². The molecule has 1 atom stereocenters. The third-order valence-corrected chi connectivity index (χ3v) is 5.62. The molecular weight excluding hydrogens is 374 g/mol.